The molecule has 0 aliphatic rings. The number of amides is 2. The van der Waals surface area contributed by atoms with Gasteiger partial charge in [0.15, 0.2) is 0 Å². The summed E-state index contributed by atoms with van der Waals surface area (Å²) >= 11 is 0. The first-order valence-electron chi connectivity index (χ1n) is 5.25. The zero-order chi connectivity index (χ0) is 12.8. The highest BCUT2D eigenvalue weighted by atomic mass is 16.2. The van der Waals surface area contributed by atoms with E-state index in [1.807, 2.05) is 14.0 Å². The van der Waals surface area contributed by atoms with Gasteiger partial charge in [0.1, 0.15) is 0 Å². The van der Waals surface area contributed by atoms with Crippen molar-refractivity contribution in [2.45, 2.75) is 13.5 Å². The monoisotopic (exact) mass is 239 g/mol. The summed E-state index contributed by atoms with van der Waals surface area (Å²) in [4.78, 5) is 22.2. The Morgan fingerprint density at radius 2 is 2.12 bits per heavy atom. The van der Waals surface area contributed by atoms with E-state index < -0.39 is 0 Å². The fourth-order valence-corrected chi connectivity index (χ4v) is 1.23. The maximum atomic E-state index is 11.4. The third kappa shape index (κ3) is 3.87. The molecule has 1 aromatic rings. The number of hydrogen-bond donors (Lipinski definition) is 3. The molecule has 0 aliphatic carbocycles. The molecular formula is C10H17N5O2. The van der Waals surface area contributed by atoms with Gasteiger partial charge in [-0.15, -0.1) is 0 Å². The molecule has 7 nitrogen and oxygen atoms in total. The van der Waals surface area contributed by atoms with Crippen molar-refractivity contribution in [2.24, 2.45) is 12.8 Å². The first kappa shape index (κ1) is 13.2. The molecule has 4 N–H and O–H groups in total. The first-order chi connectivity index (χ1) is 8.04. The van der Waals surface area contributed by atoms with E-state index in [4.69, 9.17) is 5.73 Å². The quantitative estimate of drug-likeness (QED) is 0.577. The van der Waals surface area contributed by atoms with E-state index in [9.17, 15) is 9.59 Å². The molecule has 0 atom stereocenters. The summed E-state index contributed by atoms with van der Waals surface area (Å²) in [6, 6.07) is 0. The summed E-state index contributed by atoms with van der Waals surface area (Å²) in [6.45, 7) is 2.14. The number of carbonyl (C=O) groups excluding carboxylic acids is 2. The van der Waals surface area contributed by atoms with Crippen LogP contribution in [0, 0.1) is 6.92 Å². The molecule has 0 unspecified atom stereocenters. The van der Waals surface area contributed by atoms with E-state index in [0.29, 0.717) is 6.54 Å². The maximum Gasteiger partial charge on any atom is 0.239 e. The van der Waals surface area contributed by atoms with Crippen LogP contribution >= 0.6 is 0 Å². The predicted octanol–water partition coefficient (Wildman–Crippen LogP) is -1.58. The number of nitrogens with one attached hydrogen (secondary N) is 2. The van der Waals surface area contributed by atoms with Gasteiger partial charge in [-0.25, -0.2) is 0 Å². The Bertz CT molecular complexity index is 413. The molecule has 0 spiro atoms. The molecule has 1 heterocycles. The predicted molar refractivity (Wildman–Crippen MR) is 61.9 cm³/mol. The molecule has 0 aliphatic heterocycles. The average Bonchev–Trinajstić information content (AvgIpc) is 2.64. The van der Waals surface area contributed by atoms with Gasteiger partial charge in [0.05, 0.1) is 19.3 Å². The van der Waals surface area contributed by atoms with E-state index in [-0.39, 0.29) is 24.9 Å². The van der Waals surface area contributed by atoms with Crippen molar-refractivity contribution in [1.82, 2.24) is 20.4 Å². The van der Waals surface area contributed by atoms with Gasteiger partial charge in [-0.05, 0) is 6.92 Å². The van der Waals surface area contributed by atoms with Crippen LogP contribution in [0.5, 0.6) is 0 Å². The minimum Gasteiger partial charge on any atom is -0.350 e. The number of nitrogens with zero attached hydrogens (tertiary/aromatic N) is 2. The van der Waals surface area contributed by atoms with Crippen LogP contribution in [-0.2, 0) is 23.2 Å². The second-order valence-electron chi connectivity index (χ2n) is 3.64. The van der Waals surface area contributed by atoms with Crippen LogP contribution in [0.15, 0.2) is 6.20 Å². The van der Waals surface area contributed by atoms with Gasteiger partial charge in [0.2, 0.25) is 11.8 Å². The Morgan fingerprint density at radius 3 is 2.65 bits per heavy atom. The lowest BCUT2D eigenvalue weighted by molar-refractivity contribution is -0.125. The summed E-state index contributed by atoms with van der Waals surface area (Å²) < 4.78 is 1.73. The van der Waals surface area contributed by atoms with Crippen LogP contribution in [0.2, 0.25) is 0 Å². The van der Waals surface area contributed by atoms with Crippen molar-refractivity contribution in [1.29, 1.82) is 0 Å². The number of carbonyl (C=O) groups is 2. The van der Waals surface area contributed by atoms with Crippen LogP contribution in [0.1, 0.15) is 11.3 Å². The summed E-state index contributed by atoms with van der Waals surface area (Å²) in [6.07, 6.45) is 1.70. The summed E-state index contributed by atoms with van der Waals surface area (Å²) in [5.41, 5.74) is 7.04. The minimum atomic E-state index is -0.349. The van der Waals surface area contributed by atoms with Crippen molar-refractivity contribution in [3.8, 4) is 0 Å². The number of hydrogen-bond acceptors (Lipinski definition) is 4. The summed E-state index contributed by atoms with van der Waals surface area (Å²) in [7, 11) is 1.84. The molecule has 94 valence electrons. The Hall–Kier alpha value is -1.89. The summed E-state index contributed by atoms with van der Waals surface area (Å²) in [5.74, 6) is -0.604. The zero-order valence-corrected chi connectivity index (χ0v) is 9.99. The van der Waals surface area contributed by atoms with Gasteiger partial charge in [0, 0.05) is 24.8 Å². The number of nitrogens with two attached hydrogens (primary N) is 1. The SMILES string of the molecule is Cc1c(CNC(=O)CNC(=O)CN)cnn1C. The van der Waals surface area contributed by atoms with Gasteiger partial charge in [-0.3, -0.25) is 14.3 Å². The van der Waals surface area contributed by atoms with Gasteiger partial charge in [-0.2, -0.15) is 5.10 Å². The molecule has 0 saturated carbocycles. The molecule has 0 bridgehead atoms. The zero-order valence-electron chi connectivity index (χ0n) is 9.99. The van der Waals surface area contributed by atoms with Crippen LogP contribution in [0.25, 0.3) is 0 Å². The van der Waals surface area contributed by atoms with Gasteiger partial charge >= 0.3 is 0 Å². The maximum absolute atomic E-state index is 11.4. The van der Waals surface area contributed by atoms with E-state index in [2.05, 4.69) is 15.7 Å². The third-order valence-electron chi connectivity index (χ3n) is 2.44. The molecule has 0 radical (unpaired) electrons. The van der Waals surface area contributed by atoms with Crippen LogP contribution < -0.4 is 16.4 Å². The van der Waals surface area contributed by atoms with Crippen molar-refractivity contribution in [2.75, 3.05) is 13.1 Å². The van der Waals surface area contributed by atoms with Crippen molar-refractivity contribution in [3.63, 3.8) is 0 Å². The molecule has 0 aromatic carbocycles. The van der Waals surface area contributed by atoms with Crippen molar-refractivity contribution >= 4 is 11.8 Å². The van der Waals surface area contributed by atoms with E-state index in [1.54, 1.807) is 10.9 Å². The van der Waals surface area contributed by atoms with Crippen LogP contribution in [0.4, 0.5) is 0 Å². The summed E-state index contributed by atoms with van der Waals surface area (Å²) in [5, 5.41) is 9.14. The second kappa shape index (κ2) is 6.00. The fraction of sp³-hybridized carbons (Fsp3) is 0.500. The Balaban J connectivity index is 2.33. The normalized spacial score (nSPS) is 10.1. The molecule has 17 heavy (non-hydrogen) atoms. The lowest BCUT2D eigenvalue weighted by Gasteiger charge is -2.05. The molecule has 0 saturated heterocycles. The van der Waals surface area contributed by atoms with Crippen molar-refractivity contribution in [3.05, 3.63) is 17.5 Å². The first-order valence-corrected chi connectivity index (χ1v) is 5.25. The van der Waals surface area contributed by atoms with E-state index >= 15 is 0 Å². The Kier molecular flexibility index (Phi) is 4.65. The van der Waals surface area contributed by atoms with Gasteiger partial charge < -0.3 is 16.4 Å². The van der Waals surface area contributed by atoms with Gasteiger partial charge in [-0.1, -0.05) is 0 Å². The van der Waals surface area contributed by atoms with Crippen molar-refractivity contribution < 1.29 is 9.59 Å². The molecule has 7 heteroatoms. The average molecular weight is 239 g/mol. The highest BCUT2D eigenvalue weighted by molar-refractivity contribution is 5.85. The lowest BCUT2D eigenvalue weighted by atomic mass is 10.2. The third-order valence-corrected chi connectivity index (χ3v) is 2.44. The minimum absolute atomic E-state index is 0.0602. The smallest absolute Gasteiger partial charge is 0.239 e. The van der Waals surface area contributed by atoms with E-state index in [0.717, 1.165) is 11.3 Å². The highest BCUT2D eigenvalue weighted by Gasteiger charge is 2.06. The largest absolute Gasteiger partial charge is 0.350 e. The molecule has 0 fully saturated rings. The Morgan fingerprint density at radius 1 is 1.41 bits per heavy atom. The van der Waals surface area contributed by atoms with E-state index in [1.165, 1.54) is 0 Å². The molecular weight excluding hydrogens is 222 g/mol. The molecule has 1 rings (SSSR count). The Labute approximate surface area is 99.4 Å². The van der Waals surface area contributed by atoms with Crippen LogP contribution in [0.3, 0.4) is 0 Å². The van der Waals surface area contributed by atoms with Gasteiger partial charge in [0.25, 0.3) is 0 Å². The number of aryl methyl sites for hydroxylation is 1. The molecule has 1 aromatic heterocycles. The van der Waals surface area contributed by atoms with Crippen LogP contribution in [-0.4, -0.2) is 34.7 Å². The lowest BCUT2D eigenvalue weighted by Crippen LogP contribution is -2.39. The number of aromatic nitrogens is 2. The number of rotatable bonds is 5. The highest BCUT2D eigenvalue weighted by Crippen LogP contribution is 2.04. The standard InChI is InChI=1S/C10H17N5O2/c1-7-8(5-14-15(7)2)4-12-10(17)6-13-9(16)3-11/h5H,3-4,6,11H2,1-2H3,(H,12,17)(H,13,16). The second-order valence-corrected chi connectivity index (χ2v) is 3.64. The molecule has 2 amide bonds. The fourth-order valence-electron chi connectivity index (χ4n) is 1.23. The topological polar surface area (TPSA) is 102 Å².